The molecule has 40 heavy (non-hydrogen) atoms. The summed E-state index contributed by atoms with van der Waals surface area (Å²) in [5, 5.41) is 3.45. The molecule has 1 N–H and O–H groups in total. The fourth-order valence-corrected chi connectivity index (χ4v) is 6.19. The van der Waals surface area contributed by atoms with Gasteiger partial charge in [0.05, 0.1) is 32.8 Å². The number of fused-ring (bicyclic) bond motifs is 1. The zero-order chi connectivity index (χ0) is 28.4. The van der Waals surface area contributed by atoms with Crippen LogP contribution >= 0.6 is 11.6 Å². The van der Waals surface area contributed by atoms with Crippen LogP contribution in [-0.4, -0.2) is 105 Å². The third kappa shape index (κ3) is 5.16. The molecule has 2 fully saturated rings. The zero-order valence-electron chi connectivity index (χ0n) is 23.0. The standard InChI is InChI=1S/C29H35ClN4O6/c1-32(2)27(36)24-17-20(40-26(35)10-11-33-12-14-39-15-13-33)18-34(24)29(21-6-4-5-7-25(21)38-3)22-16-19(30)8-9-23(22)31-28(29)37/h4-9,16,20,24H,10-15,17-18H2,1-3H3,(H,31,37). The van der Waals surface area contributed by atoms with Crippen LogP contribution in [0.2, 0.25) is 5.02 Å². The number of ether oxygens (including phenoxy) is 3. The molecule has 2 aromatic carbocycles. The van der Waals surface area contributed by atoms with Crippen LogP contribution in [0.15, 0.2) is 42.5 Å². The van der Waals surface area contributed by atoms with Gasteiger partial charge in [0.15, 0.2) is 5.54 Å². The van der Waals surface area contributed by atoms with Crippen LogP contribution in [0.1, 0.15) is 24.0 Å². The average Bonchev–Trinajstić information content (AvgIpc) is 3.49. The van der Waals surface area contributed by atoms with Gasteiger partial charge in [-0.1, -0.05) is 29.8 Å². The molecule has 0 spiro atoms. The number of carbonyl (C=O) groups excluding carboxylic acids is 3. The Morgan fingerprint density at radius 3 is 2.62 bits per heavy atom. The second-order valence-corrected chi connectivity index (χ2v) is 10.9. The summed E-state index contributed by atoms with van der Waals surface area (Å²) in [5.74, 6) is -0.359. The van der Waals surface area contributed by atoms with Gasteiger partial charge in [0.25, 0.3) is 5.91 Å². The number of morpholine rings is 1. The number of benzene rings is 2. The molecule has 0 aromatic heterocycles. The number of nitrogens with zero attached hydrogens (tertiary/aromatic N) is 3. The Labute approximate surface area is 239 Å². The van der Waals surface area contributed by atoms with Gasteiger partial charge < -0.3 is 24.4 Å². The first-order valence-corrected chi connectivity index (χ1v) is 13.9. The summed E-state index contributed by atoms with van der Waals surface area (Å²) in [4.78, 5) is 46.2. The molecular weight excluding hydrogens is 536 g/mol. The lowest BCUT2D eigenvalue weighted by Crippen LogP contribution is -2.57. The highest BCUT2D eigenvalue weighted by molar-refractivity contribution is 6.31. The molecule has 3 aliphatic rings. The molecule has 3 heterocycles. The number of methoxy groups -OCH3 is 1. The van der Waals surface area contributed by atoms with E-state index in [4.69, 9.17) is 25.8 Å². The zero-order valence-corrected chi connectivity index (χ0v) is 23.8. The summed E-state index contributed by atoms with van der Waals surface area (Å²) < 4.78 is 17.0. The Morgan fingerprint density at radius 1 is 1.15 bits per heavy atom. The Hall–Kier alpha value is -3.18. The third-order valence-corrected chi connectivity index (χ3v) is 8.13. The maximum Gasteiger partial charge on any atom is 0.307 e. The van der Waals surface area contributed by atoms with Gasteiger partial charge in [-0.25, -0.2) is 0 Å². The third-order valence-electron chi connectivity index (χ3n) is 7.90. The van der Waals surface area contributed by atoms with Gasteiger partial charge in [-0.3, -0.25) is 24.2 Å². The Morgan fingerprint density at radius 2 is 1.90 bits per heavy atom. The predicted octanol–water partition coefficient (Wildman–Crippen LogP) is 2.34. The van der Waals surface area contributed by atoms with Crippen LogP contribution in [0, 0.1) is 0 Å². The van der Waals surface area contributed by atoms with Crippen molar-refractivity contribution in [3.05, 3.63) is 58.6 Å². The van der Waals surface area contributed by atoms with E-state index in [1.54, 1.807) is 45.5 Å². The van der Waals surface area contributed by atoms with E-state index in [0.29, 0.717) is 47.3 Å². The number of anilines is 1. The van der Waals surface area contributed by atoms with Crippen LogP contribution in [0.25, 0.3) is 0 Å². The number of amides is 2. The molecule has 11 heteroatoms. The fraction of sp³-hybridized carbons (Fsp3) is 0.483. The highest BCUT2D eigenvalue weighted by Gasteiger charge is 2.60. The van der Waals surface area contributed by atoms with Crippen molar-refractivity contribution in [2.75, 3.05) is 65.9 Å². The van der Waals surface area contributed by atoms with Gasteiger partial charge in [-0.05, 0) is 24.3 Å². The molecule has 0 bridgehead atoms. The Balaban J connectivity index is 1.52. The maximum atomic E-state index is 14.2. The second kappa shape index (κ2) is 11.7. The number of hydrogen-bond acceptors (Lipinski definition) is 8. The van der Waals surface area contributed by atoms with Crippen molar-refractivity contribution in [3.63, 3.8) is 0 Å². The molecule has 0 radical (unpaired) electrons. The highest BCUT2D eigenvalue weighted by Crippen LogP contribution is 2.51. The summed E-state index contributed by atoms with van der Waals surface area (Å²) in [6, 6.07) is 11.7. The van der Waals surface area contributed by atoms with Gasteiger partial charge in [0.2, 0.25) is 5.91 Å². The molecule has 0 aliphatic carbocycles. The summed E-state index contributed by atoms with van der Waals surface area (Å²) in [7, 11) is 4.90. The number of likely N-dealkylation sites (tertiary alicyclic amines) is 1. The number of halogens is 1. The molecule has 3 atom stereocenters. The average molecular weight is 571 g/mol. The largest absolute Gasteiger partial charge is 0.496 e. The molecule has 5 rings (SSSR count). The lowest BCUT2D eigenvalue weighted by atomic mass is 9.80. The van der Waals surface area contributed by atoms with Crippen molar-refractivity contribution in [3.8, 4) is 5.75 Å². The lowest BCUT2D eigenvalue weighted by molar-refractivity contribution is -0.149. The van der Waals surface area contributed by atoms with Crippen LogP contribution in [-0.2, 0) is 29.4 Å². The summed E-state index contributed by atoms with van der Waals surface area (Å²) in [6.07, 6.45) is -0.103. The minimum Gasteiger partial charge on any atom is -0.496 e. The number of nitrogens with one attached hydrogen (secondary N) is 1. The molecule has 2 saturated heterocycles. The summed E-state index contributed by atoms with van der Waals surface area (Å²) >= 11 is 6.47. The van der Waals surface area contributed by atoms with Gasteiger partial charge in [-0.15, -0.1) is 0 Å². The van der Waals surface area contributed by atoms with Crippen molar-refractivity contribution in [2.45, 2.75) is 30.5 Å². The molecule has 3 unspecified atom stereocenters. The van der Waals surface area contributed by atoms with Crippen LogP contribution in [0.3, 0.4) is 0 Å². The Kier molecular flexibility index (Phi) is 8.32. The molecule has 10 nitrogen and oxygen atoms in total. The number of rotatable bonds is 8. The van der Waals surface area contributed by atoms with E-state index in [0.717, 1.165) is 13.1 Å². The van der Waals surface area contributed by atoms with Crippen molar-refractivity contribution in [1.82, 2.24) is 14.7 Å². The number of carbonyl (C=O) groups is 3. The quantitative estimate of drug-likeness (QED) is 0.483. The molecule has 0 saturated carbocycles. The van der Waals surface area contributed by atoms with Crippen molar-refractivity contribution in [2.24, 2.45) is 0 Å². The maximum absolute atomic E-state index is 14.2. The van der Waals surface area contributed by atoms with E-state index in [1.165, 1.54) is 4.90 Å². The van der Waals surface area contributed by atoms with E-state index in [9.17, 15) is 14.4 Å². The van der Waals surface area contributed by atoms with Gasteiger partial charge >= 0.3 is 5.97 Å². The highest BCUT2D eigenvalue weighted by atomic mass is 35.5. The number of likely N-dealkylation sites (N-methyl/N-ethyl adjacent to an activating group) is 1. The molecule has 2 aromatic rings. The predicted molar refractivity (Wildman–Crippen MR) is 149 cm³/mol. The van der Waals surface area contributed by atoms with E-state index in [-0.39, 0.29) is 37.2 Å². The monoisotopic (exact) mass is 570 g/mol. The van der Waals surface area contributed by atoms with Crippen molar-refractivity contribution in [1.29, 1.82) is 0 Å². The molecule has 2 amide bonds. The van der Waals surface area contributed by atoms with Crippen LogP contribution in [0.5, 0.6) is 5.75 Å². The normalized spacial score (nSPS) is 24.9. The molecular formula is C29H35ClN4O6. The minimum absolute atomic E-state index is 0.172. The summed E-state index contributed by atoms with van der Waals surface area (Å²) in [6.45, 7) is 3.62. The van der Waals surface area contributed by atoms with Gasteiger partial charge in [0, 0.05) is 68.5 Å². The smallest absolute Gasteiger partial charge is 0.307 e. The molecule has 3 aliphatic heterocycles. The SMILES string of the molecule is COc1ccccc1C1(N2CC(OC(=O)CCN3CCOCC3)CC2C(=O)N(C)C)C(=O)Nc2ccc(Cl)cc21. The number of esters is 1. The topological polar surface area (TPSA) is 101 Å². The van der Waals surface area contributed by atoms with Crippen LogP contribution < -0.4 is 10.1 Å². The Bertz CT molecular complexity index is 1280. The first kappa shape index (κ1) is 28.4. The molecule has 214 valence electrons. The van der Waals surface area contributed by atoms with E-state index >= 15 is 0 Å². The lowest BCUT2D eigenvalue weighted by Gasteiger charge is -2.41. The van der Waals surface area contributed by atoms with Gasteiger partial charge in [0.1, 0.15) is 11.9 Å². The van der Waals surface area contributed by atoms with Crippen LogP contribution in [0.4, 0.5) is 5.69 Å². The van der Waals surface area contributed by atoms with E-state index < -0.39 is 17.7 Å². The van der Waals surface area contributed by atoms with E-state index in [2.05, 4.69) is 10.2 Å². The number of hydrogen-bond donors (Lipinski definition) is 1. The van der Waals surface area contributed by atoms with Gasteiger partial charge in [-0.2, -0.15) is 0 Å². The minimum atomic E-state index is -1.45. The first-order chi connectivity index (χ1) is 19.2. The fourth-order valence-electron chi connectivity index (χ4n) is 6.02. The van der Waals surface area contributed by atoms with E-state index in [1.807, 2.05) is 23.1 Å². The number of para-hydroxylation sites is 1. The summed E-state index contributed by atoms with van der Waals surface area (Å²) in [5.41, 5.74) is 0.345. The first-order valence-electron chi connectivity index (χ1n) is 13.5. The second-order valence-electron chi connectivity index (χ2n) is 10.5. The van der Waals surface area contributed by atoms with Crippen molar-refractivity contribution >= 4 is 35.1 Å². The van der Waals surface area contributed by atoms with Crippen molar-refractivity contribution < 1.29 is 28.6 Å².